The molecule has 4 nitrogen and oxygen atoms in total. The topological polar surface area (TPSA) is 57.2 Å². The molecule has 16 heavy (non-hydrogen) atoms. The number of nitrogen functional groups attached to an aromatic ring is 1. The van der Waals surface area contributed by atoms with Crippen LogP contribution in [0, 0.1) is 0 Å². The summed E-state index contributed by atoms with van der Waals surface area (Å²) in [5, 5.41) is 0. The Labute approximate surface area is 100 Å². The van der Waals surface area contributed by atoms with E-state index in [0.29, 0.717) is 24.5 Å². The summed E-state index contributed by atoms with van der Waals surface area (Å²) in [5.41, 5.74) is 6.76. The first kappa shape index (κ1) is 13.0. The van der Waals surface area contributed by atoms with Gasteiger partial charge < -0.3 is 15.0 Å². The molecule has 0 aliphatic heterocycles. The summed E-state index contributed by atoms with van der Waals surface area (Å²) >= 11 is 1.74. The maximum absolute atomic E-state index is 11.7. The van der Waals surface area contributed by atoms with Crippen LogP contribution in [0.15, 0.2) is 12.3 Å². The number of carbonyl (C=O) groups is 1. The van der Waals surface area contributed by atoms with Gasteiger partial charge in [-0.2, -0.15) is 11.8 Å². The van der Waals surface area contributed by atoms with Gasteiger partial charge in [0, 0.05) is 12.7 Å². The second-order valence-corrected chi connectivity index (χ2v) is 4.41. The Morgan fingerprint density at radius 3 is 3.00 bits per heavy atom. The summed E-state index contributed by atoms with van der Waals surface area (Å²) in [5.74, 6) is 0.712. The monoisotopic (exact) mass is 242 g/mol. The number of hydrogen-bond acceptors (Lipinski definition) is 4. The highest BCUT2D eigenvalue weighted by atomic mass is 32.2. The molecule has 1 aromatic heterocycles. The van der Waals surface area contributed by atoms with Crippen molar-refractivity contribution in [2.75, 3.05) is 24.3 Å². The molecule has 2 N–H and O–H groups in total. The molecule has 0 aromatic carbocycles. The molecule has 1 rings (SSSR count). The van der Waals surface area contributed by atoms with E-state index in [0.717, 1.165) is 12.2 Å². The smallest absolute Gasteiger partial charge is 0.355 e. The molecule has 0 saturated heterocycles. The second kappa shape index (κ2) is 6.48. The first-order valence-corrected chi connectivity index (χ1v) is 6.70. The van der Waals surface area contributed by atoms with Crippen LogP contribution < -0.4 is 5.73 Å². The molecule has 0 fully saturated rings. The lowest BCUT2D eigenvalue weighted by Gasteiger charge is -2.06. The van der Waals surface area contributed by atoms with Crippen molar-refractivity contribution in [2.45, 2.75) is 19.9 Å². The maximum atomic E-state index is 11.7. The van der Waals surface area contributed by atoms with E-state index in [1.54, 1.807) is 28.6 Å². The van der Waals surface area contributed by atoms with Crippen LogP contribution in [-0.2, 0) is 11.3 Å². The number of ether oxygens (including phenoxy) is 1. The van der Waals surface area contributed by atoms with Crippen molar-refractivity contribution >= 4 is 23.4 Å². The van der Waals surface area contributed by atoms with Gasteiger partial charge in [0.25, 0.3) is 0 Å². The minimum atomic E-state index is -0.292. The fourth-order valence-electron chi connectivity index (χ4n) is 1.41. The summed E-state index contributed by atoms with van der Waals surface area (Å²) in [7, 11) is 0. The zero-order valence-electron chi connectivity index (χ0n) is 9.73. The molecule has 0 aliphatic carbocycles. The molecular weight excluding hydrogens is 224 g/mol. The third-order valence-electron chi connectivity index (χ3n) is 2.19. The summed E-state index contributed by atoms with van der Waals surface area (Å²) in [6.07, 6.45) is 4.67. The van der Waals surface area contributed by atoms with Gasteiger partial charge in [0.15, 0.2) is 0 Å². The summed E-state index contributed by atoms with van der Waals surface area (Å²) in [6, 6.07) is 1.65. The number of carbonyl (C=O) groups excluding carboxylic acids is 1. The fraction of sp³-hybridized carbons (Fsp3) is 0.545. The third kappa shape index (κ3) is 3.48. The molecule has 90 valence electrons. The molecule has 0 aliphatic rings. The van der Waals surface area contributed by atoms with Gasteiger partial charge in [-0.05, 0) is 31.4 Å². The van der Waals surface area contributed by atoms with Crippen LogP contribution in [0.2, 0.25) is 0 Å². The van der Waals surface area contributed by atoms with Crippen LogP contribution in [0.1, 0.15) is 23.8 Å². The average molecular weight is 242 g/mol. The van der Waals surface area contributed by atoms with Gasteiger partial charge in [-0.3, -0.25) is 0 Å². The Kier molecular flexibility index (Phi) is 5.25. The molecule has 1 heterocycles. The predicted octanol–water partition coefficient (Wildman–Crippen LogP) is 2.00. The largest absolute Gasteiger partial charge is 0.461 e. The minimum Gasteiger partial charge on any atom is -0.461 e. The highest BCUT2D eigenvalue weighted by Gasteiger charge is 2.12. The molecule has 0 radical (unpaired) electrons. The van der Waals surface area contributed by atoms with E-state index in [2.05, 4.69) is 0 Å². The lowest BCUT2D eigenvalue weighted by Crippen LogP contribution is -2.12. The van der Waals surface area contributed by atoms with E-state index >= 15 is 0 Å². The van der Waals surface area contributed by atoms with Crippen LogP contribution in [0.4, 0.5) is 5.69 Å². The van der Waals surface area contributed by atoms with Crippen molar-refractivity contribution in [1.82, 2.24) is 4.57 Å². The number of nitrogens with two attached hydrogens (primary N) is 1. The zero-order chi connectivity index (χ0) is 12.0. The number of hydrogen-bond donors (Lipinski definition) is 1. The van der Waals surface area contributed by atoms with Crippen molar-refractivity contribution < 1.29 is 9.53 Å². The molecule has 0 amide bonds. The average Bonchev–Trinajstić information content (AvgIpc) is 2.65. The van der Waals surface area contributed by atoms with Crippen LogP contribution in [-0.4, -0.2) is 29.2 Å². The number of esters is 1. The zero-order valence-corrected chi connectivity index (χ0v) is 10.5. The molecule has 0 bridgehead atoms. The molecule has 5 heteroatoms. The lowest BCUT2D eigenvalue weighted by atomic mass is 10.4. The number of rotatable bonds is 6. The first-order chi connectivity index (χ1) is 7.69. The van der Waals surface area contributed by atoms with E-state index in [1.807, 2.05) is 13.2 Å². The first-order valence-electron chi connectivity index (χ1n) is 5.30. The van der Waals surface area contributed by atoms with Crippen LogP contribution in [0.5, 0.6) is 0 Å². The highest BCUT2D eigenvalue weighted by molar-refractivity contribution is 7.98. The second-order valence-electron chi connectivity index (χ2n) is 3.43. The van der Waals surface area contributed by atoms with Gasteiger partial charge in [-0.15, -0.1) is 0 Å². The Bertz CT molecular complexity index is 350. The Balaban J connectivity index is 2.51. The van der Waals surface area contributed by atoms with Crippen molar-refractivity contribution in [3.63, 3.8) is 0 Å². The minimum absolute atomic E-state index is 0.292. The quantitative estimate of drug-likeness (QED) is 0.612. The Morgan fingerprint density at radius 2 is 2.38 bits per heavy atom. The fourth-order valence-corrected chi connectivity index (χ4v) is 1.81. The molecular formula is C11H18N2O2S. The van der Waals surface area contributed by atoms with E-state index in [4.69, 9.17) is 10.5 Å². The van der Waals surface area contributed by atoms with Gasteiger partial charge in [0.1, 0.15) is 5.69 Å². The van der Waals surface area contributed by atoms with Crippen molar-refractivity contribution in [3.8, 4) is 0 Å². The summed E-state index contributed by atoms with van der Waals surface area (Å²) in [4.78, 5) is 11.7. The summed E-state index contributed by atoms with van der Waals surface area (Å²) < 4.78 is 6.96. The maximum Gasteiger partial charge on any atom is 0.355 e. The normalized spacial score (nSPS) is 10.4. The van der Waals surface area contributed by atoms with Gasteiger partial charge in [0.05, 0.1) is 12.3 Å². The molecule has 0 unspecified atom stereocenters. The number of anilines is 1. The van der Waals surface area contributed by atoms with Crippen LogP contribution in [0.3, 0.4) is 0 Å². The summed E-state index contributed by atoms with van der Waals surface area (Å²) in [6.45, 7) is 3.14. The SMILES string of the molecule is CCn1cc(N)cc1C(=O)OCCCSC. The van der Waals surface area contributed by atoms with E-state index in [9.17, 15) is 4.79 Å². The van der Waals surface area contributed by atoms with Crippen LogP contribution >= 0.6 is 11.8 Å². The Hall–Kier alpha value is -1.10. The highest BCUT2D eigenvalue weighted by Crippen LogP contribution is 2.12. The van der Waals surface area contributed by atoms with E-state index in [-0.39, 0.29) is 5.97 Å². The standard InChI is InChI=1S/C11H18N2O2S/c1-3-13-8-9(12)7-10(13)11(14)15-5-4-6-16-2/h7-8H,3-6,12H2,1-2H3. The number of nitrogens with zero attached hydrogens (tertiary/aromatic N) is 1. The van der Waals surface area contributed by atoms with Crippen molar-refractivity contribution in [2.24, 2.45) is 0 Å². The molecule has 0 atom stereocenters. The van der Waals surface area contributed by atoms with Crippen molar-refractivity contribution in [3.05, 3.63) is 18.0 Å². The number of aryl methyl sites for hydroxylation is 1. The van der Waals surface area contributed by atoms with Gasteiger partial charge in [0.2, 0.25) is 0 Å². The molecule has 1 aromatic rings. The molecule has 0 saturated carbocycles. The van der Waals surface area contributed by atoms with Crippen LogP contribution in [0.25, 0.3) is 0 Å². The third-order valence-corrected chi connectivity index (χ3v) is 2.89. The van der Waals surface area contributed by atoms with Crippen molar-refractivity contribution in [1.29, 1.82) is 0 Å². The van der Waals surface area contributed by atoms with Gasteiger partial charge in [-0.25, -0.2) is 4.79 Å². The Morgan fingerprint density at radius 1 is 1.62 bits per heavy atom. The number of aromatic nitrogens is 1. The van der Waals surface area contributed by atoms with E-state index in [1.165, 1.54) is 0 Å². The lowest BCUT2D eigenvalue weighted by molar-refractivity contribution is 0.0494. The van der Waals surface area contributed by atoms with Gasteiger partial charge in [-0.1, -0.05) is 0 Å². The van der Waals surface area contributed by atoms with Gasteiger partial charge >= 0.3 is 5.97 Å². The number of thioether (sulfide) groups is 1. The molecule has 0 spiro atoms. The predicted molar refractivity (Wildman–Crippen MR) is 67.8 cm³/mol. The van der Waals surface area contributed by atoms with E-state index < -0.39 is 0 Å².